The van der Waals surface area contributed by atoms with Gasteiger partial charge < -0.3 is 4.74 Å². The van der Waals surface area contributed by atoms with E-state index in [0.29, 0.717) is 29.7 Å². The fraction of sp³-hybridized carbons (Fsp3) is 0.136. The van der Waals surface area contributed by atoms with Crippen LogP contribution in [0.5, 0.6) is 5.75 Å². The first-order valence-electron chi connectivity index (χ1n) is 9.05. The number of rotatable bonds is 7. The number of anilines is 2. The molecule has 0 spiro atoms. The molecule has 0 radical (unpaired) electrons. The molecular weight excluding hydrogens is 410 g/mol. The molecule has 3 rings (SSSR count). The third-order valence-electron chi connectivity index (χ3n) is 4.02. The molecule has 154 valence electrons. The van der Waals surface area contributed by atoms with E-state index >= 15 is 0 Å². The van der Waals surface area contributed by atoms with Gasteiger partial charge in [-0.1, -0.05) is 0 Å². The number of allylic oxidation sites excluding steroid dienone is 1. The molecule has 1 heterocycles. The van der Waals surface area contributed by atoms with Gasteiger partial charge in [-0.05, 0) is 55.5 Å². The first-order valence-corrected chi connectivity index (χ1v) is 9.93. The molecule has 0 saturated carbocycles. The molecule has 8 heteroatoms. The molecule has 0 atom stereocenters. The SMILES string of the molecule is CCOc1ccc(C(=O)/C=C/c2csc(N(C(C)=O)c3ccc(F)cc3F)n2)cc1. The normalized spacial score (nSPS) is 10.9. The molecule has 0 bridgehead atoms. The van der Waals surface area contributed by atoms with Crippen molar-refractivity contribution in [2.75, 3.05) is 11.5 Å². The van der Waals surface area contributed by atoms with Gasteiger partial charge in [-0.15, -0.1) is 11.3 Å². The number of amides is 1. The van der Waals surface area contributed by atoms with Crippen molar-refractivity contribution in [3.8, 4) is 5.75 Å². The summed E-state index contributed by atoms with van der Waals surface area (Å²) >= 11 is 1.10. The number of benzene rings is 2. The lowest BCUT2D eigenvalue weighted by atomic mass is 10.1. The van der Waals surface area contributed by atoms with Gasteiger partial charge in [0.25, 0.3) is 0 Å². The van der Waals surface area contributed by atoms with Gasteiger partial charge in [0.05, 0.1) is 18.0 Å². The van der Waals surface area contributed by atoms with Gasteiger partial charge >= 0.3 is 0 Å². The van der Waals surface area contributed by atoms with E-state index in [1.807, 2.05) is 6.92 Å². The topological polar surface area (TPSA) is 59.5 Å². The van der Waals surface area contributed by atoms with Crippen LogP contribution in [-0.2, 0) is 4.79 Å². The summed E-state index contributed by atoms with van der Waals surface area (Å²) in [6.45, 7) is 3.68. The summed E-state index contributed by atoms with van der Waals surface area (Å²) in [5.74, 6) is -1.63. The molecule has 2 aromatic carbocycles. The van der Waals surface area contributed by atoms with Crippen LogP contribution >= 0.6 is 11.3 Å². The van der Waals surface area contributed by atoms with Crippen molar-refractivity contribution in [3.05, 3.63) is 76.8 Å². The summed E-state index contributed by atoms with van der Waals surface area (Å²) < 4.78 is 32.7. The summed E-state index contributed by atoms with van der Waals surface area (Å²) in [5.41, 5.74) is 0.825. The van der Waals surface area contributed by atoms with Crippen LogP contribution in [0.1, 0.15) is 29.9 Å². The monoisotopic (exact) mass is 428 g/mol. The second-order valence-electron chi connectivity index (χ2n) is 6.16. The highest BCUT2D eigenvalue weighted by Gasteiger charge is 2.21. The highest BCUT2D eigenvalue weighted by molar-refractivity contribution is 7.14. The van der Waals surface area contributed by atoms with Crippen LogP contribution in [-0.4, -0.2) is 23.3 Å². The first-order chi connectivity index (χ1) is 14.4. The van der Waals surface area contributed by atoms with E-state index in [1.54, 1.807) is 29.6 Å². The Hall–Kier alpha value is -3.39. The molecule has 0 fully saturated rings. The number of thiazole rings is 1. The number of ketones is 1. The largest absolute Gasteiger partial charge is 0.494 e. The van der Waals surface area contributed by atoms with Gasteiger partial charge in [-0.2, -0.15) is 0 Å². The van der Waals surface area contributed by atoms with Crippen molar-refractivity contribution in [3.63, 3.8) is 0 Å². The average Bonchev–Trinajstić information content (AvgIpc) is 3.17. The van der Waals surface area contributed by atoms with Crippen LogP contribution in [0.25, 0.3) is 6.08 Å². The lowest BCUT2D eigenvalue weighted by molar-refractivity contribution is -0.115. The van der Waals surface area contributed by atoms with E-state index in [-0.39, 0.29) is 16.6 Å². The molecule has 5 nitrogen and oxygen atoms in total. The van der Waals surface area contributed by atoms with Crippen LogP contribution in [0.4, 0.5) is 19.6 Å². The zero-order valence-electron chi connectivity index (χ0n) is 16.3. The Kier molecular flexibility index (Phi) is 6.68. The van der Waals surface area contributed by atoms with Crippen LogP contribution in [0.2, 0.25) is 0 Å². The van der Waals surface area contributed by atoms with E-state index in [9.17, 15) is 18.4 Å². The highest BCUT2D eigenvalue weighted by Crippen LogP contribution is 2.31. The molecule has 0 aliphatic heterocycles. The first kappa shape index (κ1) is 21.3. The molecule has 0 aliphatic rings. The molecule has 1 aromatic heterocycles. The lowest BCUT2D eigenvalue weighted by Crippen LogP contribution is -2.23. The molecule has 1 amide bonds. The Morgan fingerprint density at radius 1 is 1.17 bits per heavy atom. The minimum Gasteiger partial charge on any atom is -0.494 e. The maximum atomic E-state index is 14.1. The molecule has 3 aromatic rings. The smallest absolute Gasteiger partial charge is 0.230 e. The predicted molar refractivity (Wildman–Crippen MR) is 112 cm³/mol. The van der Waals surface area contributed by atoms with E-state index in [1.165, 1.54) is 25.1 Å². The van der Waals surface area contributed by atoms with Gasteiger partial charge in [0.15, 0.2) is 10.9 Å². The molecule has 0 N–H and O–H groups in total. The van der Waals surface area contributed by atoms with E-state index in [4.69, 9.17) is 4.74 Å². The van der Waals surface area contributed by atoms with E-state index < -0.39 is 17.5 Å². The van der Waals surface area contributed by atoms with Gasteiger partial charge in [0, 0.05) is 23.9 Å². The molecule has 0 aliphatic carbocycles. The Bertz CT molecular complexity index is 1090. The summed E-state index contributed by atoms with van der Waals surface area (Å²) in [5, 5.41) is 1.84. The third kappa shape index (κ3) is 4.96. The summed E-state index contributed by atoms with van der Waals surface area (Å²) in [7, 11) is 0. The van der Waals surface area contributed by atoms with Crippen molar-refractivity contribution in [2.45, 2.75) is 13.8 Å². The van der Waals surface area contributed by atoms with Crippen molar-refractivity contribution in [2.24, 2.45) is 0 Å². The lowest BCUT2D eigenvalue weighted by Gasteiger charge is -2.18. The second kappa shape index (κ2) is 9.41. The zero-order chi connectivity index (χ0) is 21.7. The Morgan fingerprint density at radius 2 is 1.90 bits per heavy atom. The van der Waals surface area contributed by atoms with Crippen LogP contribution < -0.4 is 9.64 Å². The van der Waals surface area contributed by atoms with E-state index in [2.05, 4.69) is 4.98 Å². The van der Waals surface area contributed by atoms with Crippen LogP contribution in [0.3, 0.4) is 0 Å². The standard InChI is InChI=1S/C22H18F2N2O3S/c1-3-29-18-8-4-15(5-9-18)21(28)11-7-17-13-30-22(25-17)26(14(2)27)20-10-6-16(23)12-19(20)24/h4-13H,3H2,1-2H3/b11-7+. The van der Waals surface area contributed by atoms with Crippen molar-refractivity contribution < 1.29 is 23.1 Å². The molecule has 30 heavy (non-hydrogen) atoms. The Labute approximate surface area is 176 Å². The molecular formula is C22H18F2N2O3S. The van der Waals surface area contributed by atoms with Crippen molar-refractivity contribution in [1.29, 1.82) is 0 Å². The number of hydrogen-bond donors (Lipinski definition) is 0. The van der Waals surface area contributed by atoms with Gasteiger partial charge in [-0.3, -0.25) is 14.5 Å². The predicted octanol–water partition coefficient (Wildman–Crippen LogP) is 5.40. The number of nitrogens with zero attached hydrogens (tertiary/aromatic N) is 2. The number of ether oxygens (including phenoxy) is 1. The van der Waals surface area contributed by atoms with Gasteiger partial charge in [-0.25, -0.2) is 13.8 Å². The highest BCUT2D eigenvalue weighted by atomic mass is 32.1. The van der Waals surface area contributed by atoms with Gasteiger partial charge in [0.2, 0.25) is 5.91 Å². The Morgan fingerprint density at radius 3 is 2.53 bits per heavy atom. The maximum Gasteiger partial charge on any atom is 0.230 e. The number of carbonyl (C=O) groups is 2. The van der Waals surface area contributed by atoms with Crippen molar-refractivity contribution in [1.82, 2.24) is 4.98 Å². The van der Waals surface area contributed by atoms with Gasteiger partial charge in [0.1, 0.15) is 17.4 Å². The quantitative estimate of drug-likeness (QED) is 0.373. The number of hydrogen-bond acceptors (Lipinski definition) is 5. The molecule has 0 saturated heterocycles. The summed E-state index contributed by atoms with van der Waals surface area (Å²) in [4.78, 5) is 29.7. The Balaban J connectivity index is 1.78. The molecule has 0 unspecified atom stereocenters. The fourth-order valence-electron chi connectivity index (χ4n) is 2.66. The van der Waals surface area contributed by atoms with Crippen LogP contribution in [0, 0.1) is 11.6 Å². The van der Waals surface area contributed by atoms with E-state index in [0.717, 1.165) is 22.3 Å². The minimum atomic E-state index is -0.872. The number of aromatic nitrogens is 1. The van der Waals surface area contributed by atoms with Crippen LogP contribution in [0.15, 0.2) is 53.9 Å². The number of carbonyl (C=O) groups excluding carboxylic acids is 2. The average molecular weight is 428 g/mol. The second-order valence-corrected chi connectivity index (χ2v) is 7.00. The van der Waals surface area contributed by atoms with Crippen molar-refractivity contribution >= 4 is 39.9 Å². The maximum absolute atomic E-state index is 14.1. The minimum absolute atomic E-state index is 0.0979. The fourth-order valence-corrected chi connectivity index (χ4v) is 3.51. The zero-order valence-corrected chi connectivity index (χ0v) is 17.1. The summed E-state index contributed by atoms with van der Waals surface area (Å²) in [6, 6.07) is 9.71. The number of halogens is 2. The summed E-state index contributed by atoms with van der Waals surface area (Å²) in [6.07, 6.45) is 2.88. The third-order valence-corrected chi connectivity index (χ3v) is 4.87.